The highest BCUT2D eigenvalue weighted by atomic mass is 16.6. The summed E-state index contributed by atoms with van der Waals surface area (Å²) in [4.78, 5) is 83.3. The number of ketones is 1. The smallest absolute Gasteiger partial charge is 0.338 e. The number of ether oxygens (including phenoxy) is 5. The highest BCUT2D eigenvalue weighted by molar-refractivity contribution is 5.95. The van der Waals surface area contributed by atoms with Gasteiger partial charge in [-0.25, -0.2) is 9.59 Å². The van der Waals surface area contributed by atoms with Crippen molar-refractivity contribution in [2.45, 2.75) is 115 Å². The van der Waals surface area contributed by atoms with E-state index in [-0.39, 0.29) is 35.3 Å². The average Bonchev–Trinajstić information content (AvgIpc) is 3.25. The van der Waals surface area contributed by atoms with Crippen molar-refractivity contribution >= 4 is 35.6 Å². The van der Waals surface area contributed by atoms with Crippen LogP contribution in [0.15, 0.2) is 102 Å². The molecule has 1 saturated heterocycles. The Morgan fingerprint density at radius 1 is 0.810 bits per heavy atom. The Labute approximate surface area is 364 Å². The van der Waals surface area contributed by atoms with Crippen molar-refractivity contribution in [3.8, 4) is 0 Å². The fourth-order valence-corrected chi connectivity index (χ4v) is 10.4. The Balaban J connectivity index is 1.39. The van der Waals surface area contributed by atoms with Crippen molar-refractivity contribution in [1.82, 2.24) is 5.32 Å². The lowest BCUT2D eigenvalue weighted by atomic mass is 9.48. The van der Waals surface area contributed by atoms with Gasteiger partial charge in [-0.05, 0) is 54.8 Å². The lowest BCUT2D eigenvalue weighted by Gasteiger charge is -2.65. The van der Waals surface area contributed by atoms with Gasteiger partial charge < -0.3 is 44.3 Å². The summed E-state index contributed by atoms with van der Waals surface area (Å²) in [7, 11) is 0. The number of aliphatic hydroxyl groups is 3. The van der Waals surface area contributed by atoms with Gasteiger partial charge >= 0.3 is 23.9 Å². The second kappa shape index (κ2) is 17.1. The van der Waals surface area contributed by atoms with Crippen LogP contribution >= 0.6 is 0 Å². The standard InChI is InChI=1S/C48H53NO14/c1-26-33(61-44(57)39(54)38(29-16-10-7-11-17-29)49-42(55)30-18-12-8-13-19-30)24-48(58)41(62-43(56)31-20-14-9-15-21-31)40-46(6,35(53)23-36-47(40,25-59-36)63-28(3)51)34(52)22-32(60-27(2)50)37(26)45(48,4)5/h7-21,32-33,35-36,38-41,53-54,58H,22-25H2,1-6H3,(H,49,55)/t32-,33?,35-,36?,38?,39?,40?,41?,46+,47?,48+/m0/s1. The van der Waals surface area contributed by atoms with Crippen LogP contribution in [-0.4, -0.2) is 105 Å². The van der Waals surface area contributed by atoms with Crippen LogP contribution < -0.4 is 5.32 Å². The van der Waals surface area contributed by atoms with Gasteiger partial charge in [-0.1, -0.05) is 80.6 Å². The summed E-state index contributed by atoms with van der Waals surface area (Å²) in [5.41, 5.74) is -6.57. The normalized spacial score (nSPS) is 31.7. The van der Waals surface area contributed by atoms with E-state index in [0.717, 1.165) is 6.92 Å². The number of aliphatic hydroxyl groups excluding tert-OH is 2. The molecule has 15 nitrogen and oxygen atoms in total. The minimum Gasteiger partial charge on any atom is -0.458 e. The van der Waals surface area contributed by atoms with E-state index in [4.69, 9.17) is 23.7 Å². The summed E-state index contributed by atoms with van der Waals surface area (Å²) >= 11 is 0. The fraction of sp³-hybridized carbons (Fsp3) is 0.458. The van der Waals surface area contributed by atoms with Crippen LogP contribution in [-0.2, 0) is 42.9 Å². The van der Waals surface area contributed by atoms with E-state index in [1.165, 1.54) is 26.0 Å². The van der Waals surface area contributed by atoms with Gasteiger partial charge in [0, 0.05) is 44.1 Å². The molecular weight excluding hydrogens is 815 g/mol. The maximum atomic E-state index is 15.1. The molecule has 2 saturated carbocycles. The van der Waals surface area contributed by atoms with Gasteiger partial charge in [-0.15, -0.1) is 0 Å². The summed E-state index contributed by atoms with van der Waals surface area (Å²) in [5, 5.41) is 40.4. The molecule has 4 aliphatic rings. The summed E-state index contributed by atoms with van der Waals surface area (Å²) in [6, 6.07) is 23.0. The molecule has 11 atom stereocenters. The highest BCUT2D eigenvalue weighted by Crippen LogP contribution is 2.63. The maximum absolute atomic E-state index is 15.1. The minimum atomic E-state index is -2.40. The van der Waals surface area contributed by atoms with Crippen molar-refractivity contribution in [1.29, 1.82) is 0 Å². The molecule has 0 aromatic heterocycles. The Hall–Kier alpha value is -5.74. The SMILES string of the molecule is CC(=O)O[C@H]1CC(=O)[C@@]2(C)C(C(OC(=O)c3ccccc3)[C@]3(O)CC(OC(=O)C(O)C(NC(=O)c4ccccc4)c4ccccc4)C(C)=C1C3(C)C)C1(OC(C)=O)COC1C[C@@H]2O. The van der Waals surface area contributed by atoms with Crippen LogP contribution in [0.25, 0.3) is 0 Å². The van der Waals surface area contributed by atoms with E-state index < -0.39 is 119 Å². The number of hydrogen-bond donors (Lipinski definition) is 4. The number of rotatable bonds is 10. The van der Waals surface area contributed by atoms with Gasteiger partial charge in [0.25, 0.3) is 5.91 Å². The molecule has 1 amide bonds. The summed E-state index contributed by atoms with van der Waals surface area (Å²) in [6.07, 6.45) is -10.5. The van der Waals surface area contributed by atoms with Crippen molar-refractivity contribution in [2.75, 3.05) is 6.61 Å². The van der Waals surface area contributed by atoms with Gasteiger partial charge in [0.1, 0.15) is 35.8 Å². The summed E-state index contributed by atoms with van der Waals surface area (Å²) < 4.78 is 30.5. The molecule has 334 valence electrons. The number of amides is 1. The fourth-order valence-electron chi connectivity index (χ4n) is 10.4. The average molecular weight is 868 g/mol. The first-order valence-electron chi connectivity index (χ1n) is 20.9. The molecule has 2 bridgehead atoms. The third-order valence-electron chi connectivity index (χ3n) is 13.8. The first-order chi connectivity index (χ1) is 29.8. The monoisotopic (exact) mass is 867 g/mol. The second-order valence-electron chi connectivity index (χ2n) is 17.7. The number of hydrogen-bond acceptors (Lipinski definition) is 14. The first-order valence-corrected chi connectivity index (χ1v) is 20.9. The van der Waals surface area contributed by atoms with E-state index in [1.807, 2.05) is 0 Å². The number of benzene rings is 3. The second-order valence-corrected chi connectivity index (χ2v) is 17.7. The zero-order valence-electron chi connectivity index (χ0n) is 35.9. The quantitative estimate of drug-likeness (QED) is 0.128. The van der Waals surface area contributed by atoms with Crippen LogP contribution in [0.1, 0.15) is 93.1 Å². The molecule has 3 aromatic rings. The topological polar surface area (TPSA) is 221 Å². The molecule has 7 unspecified atom stereocenters. The van der Waals surface area contributed by atoms with E-state index in [9.17, 15) is 39.3 Å². The number of Topliss-reactive ketones (excluding diaryl/α,β-unsaturated/α-hetero) is 1. The van der Waals surface area contributed by atoms with Crippen LogP contribution in [0.2, 0.25) is 0 Å². The van der Waals surface area contributed by atoms with Gasteiger partial charge in [-0.3, -0.25) is 19.2 Å². The van der Waals surface area contributed by atoms with Crippen LogP contribution in [0.4, 0.5) is 0 Å². The molecule has 15 heteroatoms. The van der Waals surface area contributed by atoms with E-state index in [0.29, 0.717) is 5.56 Å². The molecular formula is C48H53NO14. The van der Waals surface area contributed by atoms with Crippen molar-refractivity contribution in [2.24, 2.45) is 16.7 Å². The Morgan fingerprint density at radius 3 is 1.95 bits per heavy atom. The number of esters is 4. The molecule has 3 aliphatic carbocycles. The van der Waals surface area contributed by atoms with Crippen molar-refractivity contribution in [3.05, 3.63) is 119 Å². The number of nitrogens with one attached hydrogen (secondary N) is 1. The zero-order valence-corrected chi connectivity index (χ0v) is 35.9. The molecule has 1 aliphatic heterocycles. The molecule has 3 fully saturated rings. The minimum absolute atomic E-state index is 0.0715. The van der Waals surface area contributed by atoms with Gasteiger partial charge in [0.15, 0.2) is 11.7 Å². The molecule has 3 aromatic carbocycles. The summed E-state index contributed by atoms with van der Waals surface area (Å²) in [5.74, 6) is -6.44. The lowest BCUT2D eigenvalue weighted by Crippen LogP contribution is -2.79. The van der Waals surface area contributed by atoms with E-state index in [1.54, 1.807) is 99.6 Å². The Morgan fingerprint density at radius 2 is 1.40 bits per heavy atom. The molecule has 4 N–H and O–H groups in total. The predicted octanol–water partition coefficient (Wildman–Crippen LogP) is 4.13. The van der Waals surface area contributed by atoms with Gasteiger partial charge in [0.05, 0.1) is 35.6 Å². The number of fused-ring (bicyclic) bond motifs is 5. The maximum Gasteiger partial charge on any atom is 0.338 e. The molecule has 1 heterocycles. The van der Waals surface area contributed by atoms with E-state index >= 15 is 4.79 Å². The Bertz CT molecular complexity index is 2300. The number of carbonyl (C=O) groups is 6. The molecule has 0 spiro atoms. The Kier molecular flexibility index (Phi) is 12.3. The lowest BCUT2D eigenvalue weighted by molar-refractivity contribution is -0.342. The number of carbonyl (C=O) groups excluding carboxylic acids is 6. The van der Waals surface area contributed by atoms with Gasteiger partial charge in [-0.2, -0.15) is 0 Å². The van der Waals surface area contributed by atoms with Crippen molar-refractivity contribution < 1.29 is 67.8 Å². The third kappa shape index (κ3) is 7.85. The highest BCUT2D eigenvalue weighted by Gasteiger charge is 2.77. The molecule has 7 rings (SSSR count). The van der Waals surface area contributed by atoms with E-state index in [2.05, 4.69) is 5.32 Å². The van der Waals surface area contributed by atoms with Crippen LogP contribution in [0, 0.1) is 16.7 Å². The third-order valence-corrected chi connectivity index (χ3v) is 13.8. The largest absolute Gasteiger partial charge is 0.458 e. The first kappa shape index (κ1) is 45.3. The predicted molar refractivity (Wildman–Crippen MR) is 222 cm³/mol. The van der Waals surface area contributed by atoms with Crippen LogP contribution in [0.5, 0.6) is 0 Å². The summed E-state index contributed by atoms with van der Waals surface area (Å²) in [6.45, 7) is 8.28. The van der Waals surface area contributed by atoms with Crippen LogP contribution in [0.3, 0.4) is 0 Å². The molecule has 0 radical (unpaired) electrons. The molecule has 63 heavy (non-hydrogen) atoms. The van der Waals surface area contributed by atoms with Gasteiger partial charge in [0.2, 0.25) is 0 Å². The zero-order chi connectivity index (χ0) is 45.6. The van der Waals surface area contributed by atoms with Crippen molar-refractivity contribution in [3.63, 3.8) is 0 Å².